The maximum atomic E-state index is 11.5. The minimum atomic E-state index is -4.34. The average Bonchev–Trinajstić information content (AvgIpc) is 2.36. The Morgan fingerprint density at radius 1 is 1.50 bits per heavy atom. The molecule has 0 bridgehead atoms. The van der Waals surface area contributed by atoms with Crippen LogP contribution in [0.3, 0.4) is 0 Å². The van der Waals surface area contributed by atoms with Crippen molar-refractivity contribution in [3.05, 3.63) is 24.2 Å². The van der Waals surface area contributed by atoms with Crippen LogP contribution in [0.1, 0.15) is 12.7 Å². The summed E-state index contributed by atoms with van der Waals surface area (Å²) in [6.45, 7) is 2.04. The number of hydrogen-bond donors (Lipinski definition) is 0. The first kappa shape index (κ1) is 11.6. The van der Waals surface area contributed by atoms with E-state index in [1.165, 1.54) is 6.07 Å². The van der Waals surface area contributed by atoms with Gasteiger partial charge in [-0.05, 0) is 12.1 Å². The Balaban J connectivity index is 0.000000354. The lowest BCUT2D eigenvalue weighted by Crippen LogP contribution is -2.01. The molecule has 1 rings (SSSR count). The molecule has 0 aromatic carbocycles. The SMILES string of the molecule is CCBr.FC(F)(F)c1ccco1. The van der Waals surface area contributed by atoms with Crippen molar-refractivity contribution < 1.29 is 17.6 Å². The minimum absolute atomic E-state index is 0.875. The summed E-state index contributed by atoms with van der Waals surface area (Å²) >= 11 is 3.15. The second kappa shape index (κ2) is 5.24. The summed E-state index contributed by atoms with van der Waals surface area (Å²) in [6, 6.07) is 2.07. The Kier molecular flexibility index (Phi) is 5.04. The van der Waals surface area contributed by atoms with E-state index < -0.39 is 11.9 Å². The van der Waals surface area contributed by atoms with E-state index in [-0.39, 0.29) is 0 Å². The van der Waals surface area contributed by atoms with Crippen molar-refractivity contribution >= 4 is 15.9 Å². The van der Waals surface area contributed by atoms with Gasteiger partial charge in [0.05, 0.1) is 6.26 Å². The molecule has 0 fully saturated rings. The van der Waals surface area contributed by atoms with Crippen LogP contribution in [0.4, 0.5) is 13.2 Å². The van der Waals surface area contributed by atoms with Gasteiger partial charge in [-0.3, -0.25) is 0 Å². The van der Waals surface area contributed by atoms with Crippen LogP contribution in [0.25, 0.3) is 0 Å². The van der Waals surface area contributed by atoms with Gasteiger partial charge in [0.15, 0.2) is 0 Å². The molecule has 0 saturated heterocycles. The Hall–Kier alpha value is -0.450. The molecule has 1 nitrogen and oxygen atoms in total. The lowest BCUT2D eigenvalue weighted by molar-refractivity contribution is -0.153. The third kappa shape index (κ3) is 4.43. The van der Waals surface area contributed by atoms with E-state index >= 15 is 0 Å². The molecule has 12 heavy (non-hydrogen) atoms. The molecule has 0 N–H and O–H groups in total. The molecule has 0 aliphatic heterocycles. The molecule has 0 unspecified atom stereocenters. The van der Waals surface area contributed by atoms with Gasteiger partial charge >= 0.3 is 6.18 Å². The molecule has 1 aromatic heterocycles. The summed E-state index contributed by atoms with van der Waals surface area (Å²) in [5.74, 6) is -0.956. The molecule has 0 amide bonds. The van der Waals surface area contributed by atoms with Crippen molar-refractivity contribution in [2.45, 2.75) is 13.1 Å². The normalized spacial score (nSPS) is 10.4. The third-order valence-electron chi connectivity index (χ3n) is 0.801. The van der Waals surface area contributed by atoms with Gasteiger partial charge in [-0.25, -0.2) is 0 Å². The number of rotatable bonds is 0. The average molecular weight is 245 g/mol. The molecule has 1 aromatic rings. The van der Waals surface area contributed by atoms with Crippen LogP contribution < -0.4 is 0 Å². The number of furan rings is 1. The highest BCUT2D eigenvalue weighted by atomic mass is 79.9. The molecular weight excluding hydrogens is 237 g/mol. The van der Waals surface area contributed by atoms with E-state index in [1.807, 2.05) is 6.92 Å². The summed E-state index contributed by atoms with van der Waals surface area (Å²) < 4.78 is 38.7. The lowest BCUT2D eigenvalue weighted by Gasteiger charge is -1.98. The number of hydrogen-bond acceptors (Lipinski definition) is 1. The van der Waals surface area contributed by atoms with Gasteiger partial charge in [-0.2, -0.15) is 13.2 Å². The Bertz CT molecular complexity index is 193. The number of halogens is 4. The molecule has 0 atom stereocenters. The maximum Gasteiger partial charge on any atom is 0.449 e. The molecule has 0 spiro atoms. The predicted molar refractivity (Wildman–Crippen MR) is 43.2 cm³/mol. The summed E-state index contributed by atoms with van der Waals surface area (Å²) in [6.07, 6.45) is -3.35. The first-order valence-corrected chi connectivity index (χ1v) is 4.31. The Morgan fingerprint density at radius 2 is 2.00 bits per heavy atom. The smallest absolute Gasteiger partial charge is 0.449 e. The van der Waals surface area contributed by atoms with Crippen molar-refractivity contribution in [2.24, 2.45) is 0 Å². The fourth-order valence-corrected chi connectivity index (χ4v) is 0.440. The highest BCUT2D eigenvalue weighted by Gasteiger charge is 2.33. The first-order valence-electron chi connectivity index (χ1n) is 3.19. The second-order valence-corrected chi connectivity index (χ2v) is 2.86. The molecule has 0 aliphatic rings. The van der Waals surface area contributed by atoms with E-state index in [1.54, 1.807) is 0 Å². The summed E-state index contributed by atoms with van der Waals surface area (Å²) in [4.78, 5) is 0. The Labute approximate surface area is 76.7 Å². The first-order chi connectivity index (χ1) is 5.52. The molecule has 70 valence electrons. The van der Waals surface area contributed by atoms with E-state index in [0.717, 1.165) is 17.7 Å². The number of alkyl halides is 4. The highest BCUT2D eigenvalue weighted by molar-refractivity contribution is 9.09. The minimum Gasteiger partial charge on any atom is -0.460 e. The monoisotopic (exact) mass is 244 g/mol. The largest absolute Gasteiger partial charge is 0.460 e. The van der Waals surface area contributed by atoms with Crippen molar-refractivity contribution in [2.75, 3.05) is 5.33 Å². The quantitative estimate of drug-likeness (QED) is 0.635. The van der Waals surface area contributed by atoms with Gasteiger partial charge in [0.25, 0.3) is 0 Å². The molecule has 0 radical (unpaired) electrons. The summed E-state index contributed by atoms with van der Waals surface area (Å²) in [5.41, 5.74) is 0. The van der Waals surface area contributed by atoms with Crippen LogP contribution in [0.2, 0.25) is 0 Å². The van der Waals surface area contributed by atoms with Crippen molar-refractivity contribution in [1.82, 2.24) is 0 Å². The lowest BCUT2D eigenvalue weighted by atomic mass is 10.4. The van der Waals surface area contributed by atoms with E-state index in [2.05, 4.69) is 20.3 Å². The van der Waals surface area contributed by atoms with Gasteiger partial charge in [-0.15, -0.1) is 0 Å². The summed E-state index contributed by atoms with van der Waals surface area (Å²) in [7, 11) is 0. The van der Waals surface area contributed by atoms with Gasteiger partial charge in [-0.1, -0.05) is 22.9 Å². The fourth-order valence-electron chi connectivity index (χ4n) is 0.440. The zero-order valence-corrected chi connectivity index (χ0v) is 7.95. The summed E-state index contributed by atoms with van der Waals surface area (Å²) in [5, 5.41) is 1.06. The topological polar surface area (TPSA) is 13.1 Å². The molecule has 1 heterocycles. The van der Waals surface area contributed by atoms with E-state index in [9.17, 15) is 13.2 Å². The van der Waals surface area contributed by atoms with Crippen molar-refractivity contribution in [3.63, 3.8) is 0 Å². The molecule has 0 aliphatic carbocycles. The van der Waals surface area contributed by atoms with Crippen LogP contribution >= 0.6 is 15.9 Å². The zero-order valence-electron chi connectivity index (χ0n) is 6.36. The van der Waals surface area contributed by atoms with Crippen LogP contribution in [-0.2, 0) is 6.18 Å². The Morgan fingerprint density at radius 3 is 2.17 bits per heavy atom. The van der Waals surface area contributed by atoms with Crippen LogP contribution in [-0.4, -0.2) is 5.33 Å². The third-order valence-corrected chi connectivity index (χ3v) is 0.801. The zero-order chi connectivity index (χ0) is 9.61. The van der Waals surface area contributed by atoms with E-state index in [4.69, 9.17) is 0 Å². The standard InChI is InChI=1S/C5H3F3O.C2H5Br/c6-5(7,8)4-2-1-3-9-4;1-2-3/h1-3H;2H2,1H3. The highest BCUT2D eigenvalue weighted by Crippen LogP contribution is 2.28. The van der Waals surface area contributed by atoms with Gasteiger partial charge in [0, 0.05) is 5.33 Å². The van der Waals surface area contributed by atoms with Gasteiger partial charge in [0.1, 0.15) is 0 Å². The fraction of sp³-hybridized carbons (Fsp3) is 0.429. The molecule has 5 heteroatoms. The van der Waals surface area contributed by atoms with Gasteiger partial charge in [0.2, 0.25) is 5.76 Å². The predicted octanol–water partition coefficient (Wildman–Crippen LogP) is 3.70. The van der Waals surface area contributed by atoms with Crippen LogP contribution in [0.5, 0.6) is 0 Å². The van der Waals surface area contributed by atoms with Crippen molar-refractivity contribution in [3.8, 4) is 0 Å². The van der Waals surface area contributed by atoms with E-state index in [0.29, 0.717) is 0 Å². The molecule has 0 saturated carbocycles. The molecular formula is C7H8BrF3O. The van der Waals surface area contributed by atoms with Gasteiger partial charge < -0.3 is 4.42 Å². The van der Waals surface area contributed by atoms with Crippen molar-refractivity contribution in [1.29, 1.82) is 0 Å². The second-order valence-electron chi connectivity index (χ2n) is 1.74. The van der Waals surface area contributed by atoms with Crippen LogP contribution in [0, 0.1) is 0 Å². The van der Waals surface area contributed by atoms with Crippen LogP contribution in [0.15, 0.2) is 22.8 Å². The maximum absolute atomic E-state index is 11.5.